The normalized spacial score (nSPS) is 30.0. The Kier molecular flexibility index (Phi) is 12.9. The lowest BCUT2D eigenvalue weighted by molar-refractivity contribution is -0.298. The molecule has 0 unspecified atom stereocenters. The van der Waals surface area contributed by atoms with Gasteiger partial charge in [0, 0.05) is 43.8 Å². The van der Waals surface area contributed by atoms with Crippen molar-refractivity contribution in [1.82, 2.24) is 10.2 Å². The number of amides is 2. The van der Waals surface area contributed by atoms with Crippen LogP contribution in [0.1, 0.15) is 53.6 Å². The van der Waals surface area contributed by atoms with Gasteiger partial charge in [0.1, 0.15) is 48.8 Å². The maximum atomic E-state index is 14.3. The van der Waals surface area contributed by atoms with Crippen LogP contribution in [0.3, 0.4) is 0 Å². The topological polar surface area (TPSA) is 214 Å². The second-order valence-electron chi connectivity index (χ2n) is 15.5. The monoisotopic (exact) mass is 792 g/mol. The number of hydrogen-bond acceptors (Lipinski definition) is 13. The van der Waals surface area contributed by atoms with Crippen LogP contribution in [-0.2, 0) is 39.7 Å². The van der Waals surface area contributed by atoms with Gasteiger partial charge in [-0.2, -0.15) is 0 Å². The number of esters is 1. The highest BCUT2D eigenvalue weighted by molar-refractivity contribution is 5.97. The summed E-state index contributed by atoms with van der Waals surface area (Å²) in [6.07, 6.45) is 0.0977. The highest BCUT2D eigenvalue weighted by Crippen LogP contribution is 2.59. The number of aliphatic hydroxyl groups is 5. The molecule has 9 atom stereocenters. The number of hydrogen-bond donors (Lipinski definition) is 6. The second kappa shape index (κ2) is 17.9. The van der Waals surface area contributed by atoms with Crippen LogP contribution in [0.25, 0.3) is 6.08 Å². The molecular weight excluding hydrogens is 740 g/mol. The molecule has 2 saturated heterocycles. The average molecular weight is 793 g/mol. The van der Waals surface area contributed by atoms with Crippen LogP contribution in [0.4, 0.5) is 0 Å². The Bertz CT molecular complexity index is 1780. The fourth-order valence-electron chi connectivity index (χ4n) is 7.98. The van der Waals surface area contributed by atoms with Crippen LogP contribution in [0.5, 0.6) is 0 Å². The number of fused-ring (bicyclic) bond motifs is 1. The molecule has 3 aliphatic carbocycles. The fraction of sp³-hybridized carbons (Fsp3) is 0.548. The largest absolute Gasteiger partial charge is 0.456 e. The summed E-state index contributed by atoms with van der Waals surface area (Å²) in [7, 11) is 1.57. The number of likely N-dealkylation sites (N-methyl/N-ethyl adjacent to an activating group) is 1. The lowest BCUT2D eigenvalue weighted by Crippen LogP contribution is -2.59. The molecule has 2 aromatic carbocycles. The zero-order valence-electron chi connectivity index (χ0n) is 31.8. The van der Waals surface area contributed by atoms with Crippen molar-refractivity contribution in [3.8, 4) is 0 Å². The zero-order valence-corrected chi connectivity index (χ0v) is 31.8. The molecule has 2 amide bonds. The standard InChI is InChI=1S/C42H52N2O13/c1-44(30(38(50)43-16-17-45)20-25-7-3-2-4-8-25)39(51)27-21-31(37-32(22-27)56-42(57-37,28-12-13-28)29-14-15-29)54-40(52)26-11-5-9-24(19-26)10-6-18-53-41-36(49)35(48)34(47)33(23-46)55-41/h2-11,19,22,28-37,41,45-49H,12-18,20-21,23H2,1H3,(H,43,50)/t30-,31-,32-,33-,34+,35+,36-,37+,41+/m1/s1. The maximum Gasteiger partial charge on any atom is 0.338 e. The third-order valence-electron chi connectivity index (χ3n) is 11.4. The van der Waals surface area contributed by atoms with Crippen molar-refractivity contribution in [2.24, 2.45) is 11.8 Å². The van der Waals surface area contributed by atoms with Crippen molar-refractivity contribution in [3.63, 3.8) is 0 Å². The van der Waals surface area contributed by atoms with E-state index in [9.17, 15) is 39.9 Å². The van der Waals surface area contributed by atoms with Gasteiger partial charge in [0.15, 0.2) is 12.1 Å². The van der Waals surface area contributed by atoms with E-state index >= 15 is 0 Å². The molecule has 0 radical (unpaired) electrons. The molecule has 2 aromatic rings. The SMILES string of the molecule is CN(C(=O)C1=C[C@H]2OC(C3CC3)(C3CC3)O[C@H]2[C@H](OC(=O)c2cccc(C=CCO[C@H]3O[C@H](CO)[C@H](O)[C@H](O)[C@H]3O)c2)C1)[C@H](Cc1ccccc1)C(=O)NCCO. The molecule has 7 rings (SSSR count). The summed E-state index contributed by atoms with van der Waals surface area (Å²) in [6, 6.07) is 15.2. The van der Waals surface area contributed by atoms with Gasteiger partial charge >= 0.3 is 5.97 Å². The fourth-order valence-corrected chi connectivity index (χ4v) is 7.98. The molecule has 4 fully saturated rings. The van der Waals surface area contributed by atoms with E-state index in [1.807, 2.05) is 30.3 Å². The molecule has 15 nitrogen and oxygen atoms in total. The van der Waals surface area contributed by atoms with E-state index in [-0.39, 0.29) is 50.0 Å². The first kappa shape index (κ1) is 41.1. The summed E-state index contributed by atoms with van der Waals surface area (Å²) in [6.45, 7) is -0.837. The number of nitrogens with one attached hydrogen (secondary N) is 1. The molecule has 308 valence electrons. The Balaban J connectivity index is 1.06. The van der Waals surface area contributed by atoms with Crippen LogP contribution in [0, 0.1) is 11.8 Å². The Morgan fingerprint density at radius 2 is 1.70 bits per heavy atom. The number of ether oxygens (including phenoxy) is 5. The van der Waals surface area contributed by atoms with E-state index < -0.39 is 85.2 Å². The molecule has 15 heteroatoms. The van der Waals surface area contributed by atoms with Crippen molar-refractivity contribution >= 4 is 23.9 Å². The molecule has 0 aromatic heterocycles. The number of aliphatic hydroxyl groups excluding tert-OH is 5. The number of carbonyl (C=O) groups excluding carboxylic acids is 3. The molecule has 57 heavy (non-hydrogen) atoms. The van der Waals surface area contributed by atoms with Crippen LogP contribution in [-0.4, -0.2) is 142 Å². The lowest BCUT2D eigenvalue weighted by atomic mass is 9.90. The highest BCUT2D eigenvalue weighted by Gasteiger charge is 2.64. The maximum absolute atomic E-state index is 14.3. The van der Waals surface area contributed by atoms with Gasteiger partial charge < -0.3 is 59.4 Å². The third kappa shape index (κ3) is 9.17. The van der Waals surface area contributed by atoms with Gasteiger partial charge in [-0.1, -0.05) is 54.6 Å². The van der Waals surface area contributed by atoms with Crippen molar-refractivity contribution in [3.05, 3.63) is 89.0 Å². The average Bonchev–Trinajstić information content (AvgIpc) is 4.18. The van der Waals surface area contributed by atoms with Gasteiger partial charge in [0.2, 0.25) is 11.8 Å². The smallest absolute Gasteiger partial charge is 0.338 e. The Morgan fingerprint density at radius 3 is 2.39 bits per heavy atom. The Labute approximate surface area is 330 Å². The van der Waals surface area contributed by atoms with Crippen LogP contribution in [0.15, 0.2) is 72.3 Å². The third-order valence-corrected chi connectivity index (χ3v) is 11.4. The minimum Gasteiger partial charge on any atom is -0.456 e. The number of benzene rings is 2. The lowest BCUT2D eigenvalue weighted by Gasteiger charge is -2.39. The predicted molar refractivity (Wildman–Crippen MR) is 202 cm³/mol. The van der Waals surface area contributed by atoms with Crippen LogP contribution in [0.2, 0.25) is 0 Å². The number of nitrogens with zero attached hydrogens (tertiary/aromatic N) is 1. The minimum absolute atomic E-state index is 0.0378. The molecule has 0 spiro atoms. The van der Waals surface area contributed by atoms with E-state index in [1.165, 1.54) is 4.90 Å². The van der Waals surface area contributed by atoms with E-state index in [2.05, 4.69) is 5.32 Å². The summed E-state index contributed by atoms with van der Waals surface area (Å²) < 4.78 is 30.6. The van der Waals surface area contributed by atoms with Gasteiger partial charge in [0.05, 0.1) is 25.4 Å². The molecule has 5 aliphatic rings. The molecule has 2 saturated carbocycles. The molecule has 6 N–H and O–H groups in total. The van der Waals surface area contributed by atoms with Gasteiger partial charge in [0.25, 0.3) is 0 Å². The van der Waals surface area contributed by atoms with Crippen LogP contribution < -0.4 is 5.32 Å². The summed E-state index contributed by atoms with van der Waals surface area (Å²) in [5.74, 6) is -1.80. The minimum atomic E-state index is -1.56. The summed E-state index contributed by atoms with van der Waals surface area (Å²) in [5.41, 5.74) is 2.08. The quantitative estimate of drug-likeness (QED) is 0.130. The van der Waals surface area contributed by atoms with Crippen LogP contribution >= 0.6 is 0 Å². The van der Waals surface area contributed by atoms with Gasteiger partial charge in [-0.15, -0.1) is 0 Å². The Morgan fingerprint density at radius 1 is 0.965 bits per heavy atom. The summed E-state index contributed by atoms with van der Waals surface area (Å²) in [4.78, 5) is 42.9. The summed E-state index contributed by atoms with van der Waals surface area (Å²) in [5, 5.41) is 51.8. The van der Waals surface area contributed by atoms with Crippen molar-refractivity contribution < 1.29 is 63.6 Å². The first-order chi connectivity index (χ1) is 27.5. The predicted octanol–water partition coefficient (Wildman–Crippen LogP) is 0.850. The van der Waals surface area contributed by atoms with E-state index in [1.54, 1.807) is 49.5 Å². The van der Waals surface area contributed by atoms with E-state index in [0.717, 1.165) is 31.2 Å². The van der Waals surface area contributed by atoms with Gasteiger partial charge in [-0.05, 0) is 55.0 Å². The molecule has 2 aliphatic heterocycles. The second-order valence-corrected chi connectivity index (χ2v) is 15.5. The van der Waals surface area contributed by atoms with Crippen molar-refractivity contribution in [2.45, 2.75) is 99.4 Å². The number of carbonyl (C=O) groups is 3. The Hall–Kier alpha value is -4.03. The van der Waals surface area contributed by atoms with Gasteiger partial charge in [-0.25, -0.2) is 4.79 Å². The van der Waals surface area contributed by atoms with E-state index in [4.69, 9.17) is 23.7 Å². The first-order valence-electron chi connectivity index (χ1n) is 19.7. The molecule has 0 bridgehead atoms. The van der Waals surface area contributed by atoms with Gasteiger partial charge in [-0.3, -0.25) is 9.59 Å². The first-order valence-corrected chi connectivity index (χ1v) is 19.7. The number of rotatable bonds is 16. The van der Waals surface area contributed by atoms with Crippen molar-refractivity contribution in [2.75, 3.05) is 33.4 Å². The van der Waals surface area contributed by atoms with Crippen molar-refractivity contribution in [1.29, 1.82) is 0 Å². The molecular formula is C42H52N2O13. The zero-order chi connectivity index (χ0) is 40.3. The highest BCUT2D eigenvalue weighted by atomic mass is 16.8. The summed E-state index contributed by atoms with van der Waals surface area (Å²) >= 11 is 0. The molecule has 2 heterocycles. The van der Waals surface area contributed by atoms with E-state index in [0.29, 0.717) is 11.1 Å².